The molecule has 1 aromatic carbocycles. The number of benzene rings is 1. The van der Waals surface area contributed by atoms with Gasteiger partial charge in [0.15, 0.2) is 0 Å². The van der Waals surface area contributed by atoms with Crippen molar-refractivity contribution in [1.29, 1.82) is 0 Å². The molecule has 0 unspecified atom stereocenters. The zero-order valence-electron chi connectivity index (χ0n) is 12.7. The minimum absolute atomic E-state index is 0.759. The number of nitrogens with two attached hydrogens (primary N) is 1. The first-order valence-electron chi connectivity index (χ1n) is 7.65. The smallest absolute Gasteiger partial charge is 0.119 e. The van der Waals surface area contributed by atoms with E-state index < -0.39 is 0 Å². The Balaban J connectivity index is 1.89. The van der Waals surface area contributed by atoms with Gasteiger partial charge in [0.25, 0.3) is 0 Å². The van der Waals surface area contributed by atoms with E-state index in [2.05, 4.69) is 30.1 Å². The summed E-state index contributed by atoms with van der Waals surface area (Å²) in [6.07, 6.45) is 6.39. The molecule has 3 nitrogen and oxygen atoms in total. The number of hydrogen-bond donors (Lipinski definition) is 1. The third kappa shape index (κ3) is 5.20. The minimum atomic E-state index is 0.759. The van der Waals surface area contributed by atoms with Gasteiger partial charge in [0.05, 0.1) is 12.3 Å². The summed E-state index contributed by atoms with van der Waals surface area (Å²) in [7, 11) is 0. The zero-order chi connectivity index (χ0) is 14.9. The lowest BCUT2D eigenvalue weighted by atomic mass is 10.1. The predicted molar refractivity (Wildman–Crippen MR) is 87.4 cm³/mol. The fourth-order valence-electron chi connectivity index (χ4n) is 2.23. The molecule has 0 fully saturated rings. The Kier molecular flexibility index (Phi) is 6.22. The van der Waals surface area contributed by atoms with Crippen molar-refractivity contribution in [3.63, 3.8) is 0 Å². The van der Waals surface area contributed by atoms with Gasteiger partial charge in [-0.25, -0.2) is 0 Å². The van der Waals surface area contributed by atoms with Crippen LogP contribution in [0, 0.1) is 6.92 Å². The quantitative estimate of drug-likeness (QED) is 0.746. The maximum atomic E-state index is 5.82. The van der Waals surface area contributed by atoms with Gasteiger partial charge in [0.1, 0.15) is 5.75 Å². The van der Waals surface area contributed by atoms with Crippen molar-refractivity contribution in [2.24, 2.45) is 5.73 Å². The van der Waals surface area contributed by atoms with Crippen LogP contribution in [0.25, 0.3) is 11.3 Å². The molecule has 3 heteroatoms. The van der Waals surface area contributed by atoms with Crippen LogP contribution in [0.1, 0.15) is 31.2 Å². The molecule has 1 heterocycles. The fraction of sp³-hybridized carbons (Fsp3) is 0.389. The van der Waals surface area contributed by atoms with Crippen molar-refractivity contribution in [3.05, 3.63) is 48.2 Å². The van der Waals surface area contributed by atoms with Crippen molar-refractivity contribution in [2.75, 3.05) is 13.2 Å². The highest BCUT2D eigenvalue weighted by atomic mass is 16.5. The molecule has 0 aliphatic carbocycles. The highest BCUT2D eigenvalue weighted by molar-refractivity contribution is 5.61. The van der Waals surface area contributed by atoms with E-state index in [4.69, 9.17) is 10.5 Å². The van der Waals surface area contributed by atoms with Gasteiger partial charge < -0.3 is 10.5 Å². The molecule has 2 aromatic rings. The number of aryl methyl sites for hydroxylation is 1. The number of rotatable bonds is 8. The normalized spacial score (nSPS) is 10.6. The molecule has 0 radical (unpaired) electrons. The van der Waals surface area contributed by atoms with E-state index in [0.717, 1.165) is 43.0 Å². The molecule has 0 saturated carbocycles. The second kappa shape index (κ2) is 8.42. The van der Waals surface area contributed by atoms with E-state index in [0.29, 0.717) is 0 Å². The second-order valence-electron chi connectivity index (χ2n) is 5.30. The number of aromatic nitrogens is 1. The van der Waals surface area contributed by atoms with Crippen LogP contribution >= 0.6 is 0 Å². The van der Waals surface area contributed by atoms with E-state index in [9.17, 15) is 0 Å². The van der Waals surface area contributed by atoms with E-state index in [-0.39, 0.29) is 0 Å². The predicted octanol–water partition coefficient (Wildman–Crippen LogP) is 3.95. The molecule has 0 saturated heterocycles. The summed E-state index contributed by atoms with van der Waals surface area (Å²) < 4.78 is 5.82. The lowest BCUT2D eigenvalue weighted by Crippen LogP contribution is -2.00. The molecule has 0 aliphatic rings. The van der Waals surface area contributed by atoms with Gasteiger partial charge in [-0.05, 0) is 56.1 Å². The average Bonchev–Trinajstić information content (AvgIpc) is 2.51. The van der Waals surface area contributed by atoms with Crippen LogP contribution in [0.3, 0.4) is 0 Å². The molecule has 21 heavy (non-hydrogen) atoms. The summed E-state index contributed by atoms with van der Waals surface area (Å²) in [6, 6.07) is 12.2. The molecule has 0 atom stereocenters. The number of ether oxygens (including phenoxy) is 1. The summed E-state index contributed by atoms with van der Waals surface area (Å²) >= 11 is 0. The Bertz CT molecular complexity index is 554. The van der Waals surface area contributed by atoms with Crippen molar-refractivity contribution < 1.29 is 4.74 Å². The maximum Gasteiger partial charge on any atom is 0.119 e. The van der Waals surface area contributed by atoms with Gasteiger partial charge in [0, 0.05) is 11.8 Å². The monoisotopic (exact) mass is 284 g/mol. The number of unbranched alkanes of at least 4 members (excludes halogenated alkanes) is 3. The van der Waals surface area contributed by atoms with Gasteiger partial charge in [-0.2, -0.15) is 0 Å². The first-order chi connectivity index (χ1) is 10.3. The molecular formula is C18H24N2O. The van der Waals surface area contributed by atoms with E-state index >= 15 is 0 Å². The standard InChI is InChI=1S/C18H24N2O/c1-15-9-11-20-18(13-15)16-7-6-8-17(14-16)21-12-5-3-2-4-10-19/h6-9,11,13-14H,2-5,10,12,19H2,1H3. The summed E-state index contributed by atoms with van der Waals surface area (Å²) in [4.78, 5) is 4.41. The van der Waals surface area contributed by atoms with Crippen molar-refractivity contribution in [2.45, 2.75) is 32.6 Å². The SMILES string of the molecule is Cc1ccnc(-c2cccc(OCCCCCCN)c2)c1. The van der Waals surface area contributed by atoms with E-state index in [1.807, 2.05) is 24.4 Å². The number of hydrogen-bond acceptors (Lipinski definition) is 3. The van der Waals surface area contributed by atoms with Gasteiger partial charge in [-0.3, -0.25) is 4.98 Å². The van der Waals surface area contributed by atoms with Crippen LogP contribution in [-0.4, -0.2) is 18.1 Å². The van der Waals surface area contributed by atoms with Crippen molar-refractivity contribution >= 4 is 0 Å². The van der Waals surface area contributed by atoms with E-state index in [1.54, 1.807) is 0 Å². The van der Waals surface area contributed by atoms with Crippen LogP contribution in [0.5, 0.6) is 5.75 Å². The maximum absolute atomic E-state index is 5.82. The third-order valence-corrected chi connectivity index (χ3v) is 3.41. The van der Waals surface area contributed by atoms with Crippen molar-refractivity contribution in [1.82, 2.24) is 4.98 Å². The molecule has 0 amide bonds. The van der Waals surface area contributed by atoms with Gasteiger partial charge in [0.2, 0.25) is 0 Å². The molecular weight excluding hydrogens is 260 g/mol. The minimum Gasteiger partial charge on any atom is -0.494 e. The molecule has 0 spiro atoms. The Hall–Kier alpha value is -1.87. The topological polar surface area (TPSA) is 48.1 Å². The van der Waals surface area contributed by atoms with Crippen LogP contribution in [0.15, 0.2) is 42.6 Å². The summed E-state index contributed by atoms with van der Waals surface area (Å²) in [5, 5.41) is 0. The summed E-state index contributed by atoms with van der Waals surface area (Å²) in [5.74, 6) is 0.912. The summed E-state index contributed by atoms with van der Waals surface area (Å²) in [5.41, 5.74) is 8.78. The van der Waals surface area contributed by atoms with Gasteiger partial charge in [-0.15, -0.1) is 0 Å². The Morgan fingerprint density at radius 2 is 1.90 bits per heavy atom. The van der Waals surface area contributed by atoms with Gasteiger partial charge in [-0.1, -0.05) is 25.0 Å². The lowest BCUT2D eigenvalue weighted by molar-refractivity contribution is 0.305. The Morgan fingerprint density at radius 1 is 1.05 bits per heavy atom. The largest absolute Gasteiger partial charge is 0.494 e. The number of pyridine rings is 1. The van der Waals surface area contributed by atoms with Crippen LogP contribution < -0.4 is 10.5 Å². The molecule has 0 aliphatic heterocycles. The number of nitrogens with zero attached hydrogens (tertiary/aromatic N) is 1. The molecule has 2 rings (SSSR count). The van der Waals surface area contributed by atoms with Crippen LogP contribution in [0.2, 0.25) is 0 Å². The molecule has 2 N–H and O–H groups in total. The lowest BCUT2D eigenvalue weighted by Gasteiger charge is -2.08. The van der Waals surface area contributed by atoms with Crippen molar-refractivity contribution in [3.8, 4) is 17.0 Å². The average molecular weight is 284 g/mol. The summed E-state index contributed by atoms with van der Waals surface area (Å²) in [6.45, 7) is 3.62. The Morgan fingerprint density at radius 3 is 2.71 bits per heavy atom. The first kappa shape index (κ1) is 15.5. The molecule has 1 aromatic heterocycles. The zero-order valence-corrected chi connectivity index (χ0v) is 12.7. The fourth-order valence-corrected chi connectivity index (χ4v) is 2.23. The Labute approximate surface area is 127 Å². The third-order valence-electron chi connectivity index (χ3n) is 3.41. The van der Waals surface area contributed by atoms with Crippen LogP contribution in [-0.2, 0) is 0 Å². The molecule has 112 valence electrons. The highest BCUT2D eigenvalue weighted by Crippen LogP contribution is 2.23. The highest BCUT2D eigenvalue weighted by Gasteiger charge is 2.02. The van der Waals surface area contributed by atoms with Crippen LogP contribution in [0.4, 0.5) is 0 Å². The first-order valence-corrected chi connectivity index (χ1v) is 7.65. The second-order valence-corrected chi connectivity index (χ2v) is 5.30. The van der Waals surface area contributed by atoms with Gasteiger partial charge >= 0.3 is 0 Å². The molecule has 0 bridgehead atoms. The van der Waals surface area contributed by atoms with E-state index in [1.165, 1.54) is 18.4 Å².